The molecule has 27 heavy (non-hydrogen) atoms. The summed E-state index contributed by atoms with van der Waals surface area (Å²) in [6.07, 6.45) is 5.55. The van der Waals surface area contributed by atoms with E-state index < -0.39 is 0 Å². The minimum absolute atomic E-state index is 0.0419. The Balaban J connectivity index is 1.75. The summed E-state index contributed by atoms with van der Waals surface area (Å²) in [5, 5.41) is 3.93. The van der Waals surface area contributed by atoms with Gasteiger partial charge in [-0.15, -0.1) is 0 Å². The third-order valence-electron chi connectivity index (χ3n) is 4.87. The molecule has 2 atom stereocenters. The smallest absolute Gasteiger partial charge is 0.252 e. The second-order valence-corrected chi connectivity index (χ2v) is 7.68. The molecular weight excluding hydrogens is 406 g/mol. The first-order valence-electron chi connectivity index (χ1n) is 9.05. The number of pyridine rings is 2. The second kappa shape index (κ2) is 7.74. The van der Waals surface area contributed by atoms with Crippen LogP contribution in [0.5, 0.6) is 0 Å². The number of hydrogen-bond acceptors (Lipinski definition) is 4. The molecule has 4 rings (SSSR count). The lowest BCUT2D eigenvalue weighted by atomic mass is 10.0. The highest BCUT2D eigenvalue weighted by molar-refractivity contribution is 9.10. The number of hydrogen-bond donors (Lipinski definition) is 1. The Kier molecular flexibility index (Phi) is 5.18. The second-order valence-electron chi connectivity index (χ2n) is 6.77. The molecular formula is C21H20BrN3O2. The van der Waals surface area contributed by atoms with Crippen molar-refractivity contribution in [3.05, 3.63) is 58.8 Å². The summed E-state index contributed by atoms with van der Waals surface area (Å²) in [6, 6.07) is 11.4. The average molecular weight is 426 g/mol. The summed E-state index contributed by atoms with van der Waals surface area (Å²) in [5.74, 6) is -0.112. The first-order valence-corrected chi connectivity index (χ1v) is 9.84. The number of benzene rings is 1. The molecule has 0 spiro atoms. The first-order chi connectivity index (χ1) is 13.1. The van der Waals surface area contributed by atoms with Gasteiger partial charge in [0.2, 0.25) is 0 Å². The van der Waals surface area contributed by atoms with Crippen LogP contribution in [0.25, 0.3) is 22.2 Å². The van der Waals surface area contributed by atoms with Crippen LogP contribution in [0.1, 0.15) is 30.1 Å². The molecule has 1 amide bonds. The number of ether oxygens (including phenoxy) is 1. The fourth-order valence-corrected chi connectivity index (χ4v) is 3.79. The maximum absolute atomic E-state index is 13.1. The van der Waals surface area contributed by atoms with Crippen molar-refractivity contribution < 1.29 is 9.53 Å². The van der Waals surface area contributed by atoms with Crippen molar-refractivity contribution in [1.82, 2.24) is 15.3 Å². The molecule has 5 nitrogen and oxygen atoms in total. The topological polar surface area (TPSA) is 64.1 Å². The van der Waals surface area contributed by atoms with Gasteiger partial charge in [0.15, 0.2) is 0 Å². The zero-order valence-corrected chi connectivity index (χ0v) is 16.6. The summed E-state index contributed by atoms with van der Waals surface area (Å²) in [6.45, 7) is 2.76. The fraction of sp³-hybridized carbons (Fsp3) is 0.286. The van der Waals surface area contributed by atoms with E-state index in [4.69, 9.17) is 9.72 Å². The van der Waals surface area contributed by atoms with Gasteiger partial charge in [-0.25, -0.2) is 4.98 Å². The van der Waals surface area contributed by atoms with Crippen LogP contribution in [-0.2, 0) is 4.74 Å². The molecule has 3 heterocycles. The van der Waals surface area contributed by atoms with Crippen LogP contribution in [0.3, 0.4) is 0 Å². The maximum atomic E-state index is 13.1. The van der Waals surface area contributed by atoms with Gasteiger partial charge >= 0.3 is 0 Å². The lowest BCUT2D eigenvalue weighted by molar-refractivity contribution is 0.0713. The van der Waals surface area contributed by atoms with E-state index >= 15 is 0 Å². The molecule has 1 aliphatic rings. The third-order valence-corrected chi connectivity index (χ3v) is 5.37. The predicted molar refractivity (Wildman–Crippen MR) is 109 cm³/mol. The summed E-state index contributed by atoms with van der Waals surface area (Å²) in [7, 11) is 0. The number of nitrogens with zero attached hydrogens (tertiary/aromatic N) is 2. The quantitative estimate of drug-likeness (QED) is 0.674. The summed E-state index contributed by atoms with van der Waals surface area (Å²) < 4.78 is 6.62. The van der Waals surface area contributed by atoms with Crippen molar-refractivity contribution in [3.8, 4) is 11.3 Å². The standard InChI is InChI=1S/C21H20BrN3O2/c1-13(20-3-2-10-27-20)24-21(26)17-12-19(14-6-8-23-9-7-14)25-18-5-4-15(22)11-16(17)18/h4-9,11-13,20H,2-3,10H2,1H3,(H,24,26)/t13-,20-/m1/s1. The zero-order chi connectivity index (χ0) is 18.8. The number of nitrogens with one attached hydrogen (secondary N) is 1. The third kappa shape index (κ3) is 3.87. The minimum Gasteiger partial charge on any atom is -0.376 e. The lowest BCUT2D eigenvalue weighted by Crippen LogP contribution is -2.40. The SMILES string of the molecule is C[C@@H](NC(=O)c1cc(-c2ccncc2)nc2ccc(Br)cc12)[C@H]1CCCO1. The van der Waals surface area contributed by atoms with Crippen LogP contribution in [0.15, 0.2) is 53.3 Å². The average Bonchev–Trinajstić information content (AvgIpc) is 3.23. The van der Waals surface area contributed by atoms with E-state index in [1.54, 1.807) is 12.4 Å². The largest absolute Gasteiger partial charge is 0.376 e. The highest BCUT2D eigenvalue weighted by Crippen LogP contribution is 2.27. The van der Waals surface area contributed by atoms with Gasteiger partial charge in [-0.3, -0.25) is 9.78 Å². The lowest BCUT2D eigenvalue weighted by Gasteiger charge is -2.20. The van der Waals surface area contributed by atoms with Crippen molar-refractivity contribution in [3.63, 3.8) is 0 Å². The number of halogens is 1. The molecule has 6 heteroatoms. The highest BCUT2D eigenvalue weighted by Gasteiger charge is 2.25. The van der Waals surface area contributed by atoms with E-state index in [1.807, 2.05) is 43.3 Å². The molecule has 1 aromatic carbocycles. The molecule has 3 aromatic rings. The maximum Gasteiger partial charge on any atom is 0.252 e. The molecule has 0 saturated carbocycles. The first kappa shape index (κ1) is 18.1. The number of carbonyl (C=O) groups excluding carboxylic acids is 1. The summed E-state index contributed by atoms with van der Waals surface area (Å²) in [5.41, 5.74) is 3.07. The van der Waals surface area contributed by atoms with Crippen molar-refractivity contribution >= 4 is 32.7 Å². The van der Waals surface area contributed by atoms with E-state index in [-0.39, 0.29) is 18.1 Å². The van der Waals surface area contributed by atoms with Gasteiger partial charge in [-0.2, -0.15) is 0 Å². The molecule has 138 valence electrons. The van der Waals surface area contributed by atoms with E-state index in [9.17, 15) is 4.79 Å². The van der Waals surface area contributed by atoms with Crippen molar-refractivity contribution in [2.45, 2.75) is 31.9 Å². The van der Waals surface area contributed by atoms with E-state index in [0.29, 0.717) is 5.56 Å². The van der Waals surface area contributed by atoms with Crippen LogP contribution >= 0.6 is 15.9 Å². The zero-order valence-electron chi connectivity index (χ0n) is 15.0. The Bertz CT molecular complexity index is 972. The Labute approximate surface area is 166 Å². The monoisotopic (exact) mass is 425 g/mol. The molecule has 0 bridgehead atoms. The van der Waals surface area contributed by atoms with E-state index in [0.717, 1.165) is 46.1 Å². The van der Waals surface area contributed by atoms with E-state index in [2.05, 4.69) is 26.2 Å². The van der Waals surface area contributed by atoms with Crippen LogP contribution in [-0.4, -0.2) is 34.6 Å². The number of fused-ring (bicyclic) bond motifs is 1. The van der Waals surface area contributed by atoms with Crippen LogP contribution < -0.4 is 5.32 Å². The van der Waals surface area contributed by atoms with Gasteiger partial charge < -0.3 is 10.1 Å². The molecule has 1 saturated heterocycles. The Morgan fingerprint density at radius 2 is 2.07 bits per heavy atom. The van der Waals surface area contributed by atoms with Crippen molar-refractivity contribution in [2.24, 2.45) is 0 Å². The molecule has 0 radical (unpaired) electrons. The summed E-state index contributed by atoms with van der Waals surface area (Å²) >= 11 is 3.50. The van der Waals surface area contributed by atoms with Gasteiger partial charge in [0.1, 0.15) is 0 Å². The van der Waals surface area contributed by atoms with Crippen molar-refractivity contribution in [2.75, 3.05) is 6.61 Å². The number of carbonyl (C=O) groups is 1. The molecule has 0 unspecified atom stereocenters. The molecule has 1 N–H and O–H groups in total. The Morgan fingerprint density at radius 3 is 2.81 bits per heavy atom. The number of amides is 1. The Morgan fingerprint density at radius 1 is 1.26 bits per heavy atom. The molecule has 1 fully saturated rings. The predicted octanol–water partition coefficient (Wildman–Crippen LogP) is 4.36. The molecule has 2 aromatic heterocycles. The van der Waals surface area contributed by atoms with Gasteiger partial charge in [-0.1, -0.05) is 15.9 Å². The van der Waals surface area contributed by atoms with Crippen LogP contribution in [0, 0.1) is 0 Å². The normalized spacial score (nSPS) is 17.8. The highest BCUT2D eigenvalue weighted by atomic mass is 79.9. The number of aromatic nitrogens is 2. The van der Waals surface area contributed by atoms with Crippen molar-refractivity contribution in [1.29, 1.82) is 0 Å². The molecule has 0 aliphatic carbocycles. The van der Waals surface area contributed by atoms with E-state index in [1.165, 1.54) is 0 Å². The molecule has 1 aliphatic heterocycles. The van der Waals surface area contributed by atoms with Gasteiger partial charge in [0.05, 0.1) is 28.9 Å². The fourth-order valence-electron chi connectivity index (χ4n) is 3.43. The van der Waals surface area contributed by atoms with Gasteiger partial charge in [0.25, 0.3) is 5.91 Å². The number of rotatable bonds is 4. The van der Waals surface area contributed by atoms with Crippen LogP contribution in [0.2, 0.25) is 0 Å². The van der Waals surface area contributed by atoms with Crippen LogP contribution in [0.4, 0.5) is 0 Å². The summed E-state index contributed by atoms with van der Waals surface area (Å²) in [4.78, 5) is 21.9. The Hall–Kier alpha value is -2.31. The minimum atomic E-state index is -0.112. The van der Waals surface area contributed by atoms with Gasteiger partial charge in [0, 0.05) is 34.4 Å². The van der Waals surface area contributed by atoms with Gasteiger partial charge in [-0.05, 0) is 56.2 Å².